The maximum atomic E-state index is 13.9. The predicted molar refractivity (Wildman–Crippen MR) is 135 cm³/mol. The molecule has 9 nitrogen and oxygen atoms in total. The van der Waals surface area contributed by atoms with Gasteiger partial charge < -0.3 is 14.4 Å². The van der Waals surface area contributed by atoms with Crippen LogP contribution >= 0.6 is 7.82 Å². The molecule has 1 atom stereocenters. The number of hydrogen-bond donors (Lipinski definition) is 1. The largest absolute Gasteiger partial charge is 0.473 e. The average Bonchev–Trinajstić information content (AvgIpc) is 3.24. The monoisotopic (exact) mass is 510 g/mol. The summed E-state index contributed by atoms with van der Waals surface area (Å²) < 4.78 is 37.4. The van der Waals surface area contributed by atoms with Crippen LogP contribution in [-0.4, -0.2) is 39.0 Å². The van der Waals surface area contributed by atoms with Crippen molar-refractivity contribution in [1.82, 2.24) is 14.5 Å². The van der Waals surface area contributed by atoms with Gasteiger partial charge >= 0.3 is 7.82 Å². The molecule has 0 aliphatic carbocycles. The number of pyridine rings is 2. The number of phosphoric acid groups is 1. The fourth-order valence-corrected chi connectivity index (χ4v) is 4.39. The Balaban J connectivity index is 1.80. The summed E-state index contributed by atoms with van der Waals surface area (Å²) in [4.78, 5) is 31.5. The van der Waals surface area contributed by atoms with Gasteiger partial charge in [-0.1, -0.05) is 18.7 Å². The molecule has 1 aromatic carbocycles. The number of carbonyl (C=O) groups excluding carboxylic acids is 1. The first-order valence-electron chi connectivity index (χ1n) is 11.0. The summed E-state index contributed by atoms with van der Waals surface area (Å²) in [6.45, 7) is 4.80. The molecule has 0 aliphatic heterocycles. The summed E-state index contributed by atoms with van der Waals surface area (Å²) in [6.07, 6.45) is 5.90. The molecule has 4 rings (SSSR count). The van der Waals surface area contributed by atoms with E-state index in [0.29, 0.717) is 27.8 Å². The van der Waals surface area contributed by atoms with Crippen LogP contribution < -0.4 is 4.90 Å². The molecule has 0 spiro atoms. The zero-order valence-electron chi connectivity index (χ0n) is 19.7. The van der Waals surface area contributed by atoms with Crippen molar-refractivity contribution >= 4 is 30.5 Å². The van der Waals surface area contributed by atoms with Gasteiger partial charge in [0.25, 0.3) is 0 Å². The molecule has 3 heterocycles. The lowest BCUT2D eigenvalue weighted by molar-refractivity contribution is -0.113. The molecule has 0 radical (unpaired) electrons. The second-order valence-electron chi connectivity index (χ2n) is 7.77. The first kappa shape index (κ1) is 25.4. The average molecular weight is 510 g/mol. The Morgan fingerprint density at radius 2 is 2.00 bits per heavy atom. The van der Waals surface area contributed by atoms with Gasteiger partial charge in [0.1, 0.15) is 12.4 Å². The van der Waals surface area contributed by atoms with Crippen LogP contribution in [0.1, 0.15) is 6.92 Å². The molecular formula is C25H24FN4O5P. The van der Waals surface area contributed by atoms with Gasteiger partial charge in [0.15, 0.2) is 0 Å². The van der Waals surface area contributed by atoms with Crippen LogP contribution in [0, 0.1) is 5.95 Å². The standard InChI is InChI=1S/C25H24FN4O5P/c1-4-24(31)29(3)20-8-6-7-17(11-20)19-12-21-22(18-9-10-27-23(26)13-18)15-30(25(21)28-14-19)16-35-36(32,33)34-5-2/h4,6-15H,1,5,16H2,2-3H3,(H,32,33). The van der Waals surface area contributed by atoms with E-state index < -0.39 is 13.8 Å². The van der Waals surface area contributed by atoms with E-state index in [-0.39, 0.29) is 19.2 Å². The third kappa shape index (κ3) is 5.42. The zero-order valence-corrected chi connectivity index (χ0v) is 20.6. The summed E-state index contributed by atoms with van der Waals surface area (Å²) in [5.74, 6) is -0.888. The van der Waals surface area contributed by atoms with Gasteiger partial charge in [-0.3, -0.25) is 13.8 Å². The Hall–Kier alpha value is -3.69. The molecule has 0 fully saturated rings. The minimum atomic E-state index is -4.25. The van der Waals surface area contributed by atoms with Crippen LogP contribution in [0.25, 0.3) is 33.3 Å². The predicted octanol–water partition coefficient (Wildman–Crippen LogP) is 5.16. The van der Waals surface area contributed by atoms with Crippen molar-refractivity contribution in [2.75, 3.05) is 18.6 Å². The van der Waals surface area contributed by atoms with E-state index in [1.807, 2.05) is 24.3 Å². The zero-order chi connectivity index (χ0) is 25.9. The highest BCUT2D eigenvalue weighted by Gasteiger charge is 2.22. The highest BCUT2D eigenvalue weighted by Crippen LogP contribution is 2.44. The lowest BCUT2D eigenvalue weighted by Gasteiger charge is -2.16. The highest BCUT2D eigenvalue weighted by atomic mass is 31.2. The van der Waals surface area contributed by atoms with Crippen LogP contribution in [0.4, 0.5) is 10.1 Å². The van der Waals surface area contributed by atoms with E-state index in [2.05, 4.69) is 16.5 Å². The van der Waals surface area contributed by atoms with E-state index in [1.165, 1.54) is 23.2 Å². The smallest absolute Gasteiger partial charge is 0.312 e. The molecule has 36 heavy (non-hydrogen) atoms. The van der Waals surface area contributed by atoms with Gasteiger partial charge in [-0.05, 0) is 48.4 Å². The summed E-state index contributed by atoms with van der Waals surface area (Å²) >= 11 is 0. The van der Waals surface area contributed by atoms with E-state index in [1.54, 1.807) is 43.1 Å². The number of likely N-dealkylation sites (N-methyl/N-ethyl adjacent to an activating group) is 1. The minimum Gasteiger partial charge on any atom is -0.312 e. The third-order valence-electron chi connectivity index (χ3n) is 5.48. The maximum Gasteiger partial charge on any atom is 0.473 e. The molecule has 11 heteroatoms. The second-order valence-corrected chi connectivity index (χ2v) is 9.22. The normalized spacial score (nSPS) is 12.9. The van der Waals surface area contributed by atoms with Crippen molar-refractivity contribution < 1.29 is 27.7 Å². The number of amides is 1. The Morgan fingerprint density at radius 1 is 1.19 bits per heavy atom. The topological polar surface area (TPSA) is 107 Å². The molecular weight excluding hydrogens is 486 g/mol. The van der Waals surface area contributed by atoms with Gasteiger partial charge in [0.05, 0.1) is 6.61 Å². The third-order valence-corrected chi connectivity index (χ3v) is 6.50. The molecule has 0 saturated heterocycles. The highest BCUT2D eigenvalue weighted by molar-refractivity contribution is 7.47. The Morgan fingerprint density at radius 3 is 2.72 bits per heavy atom. The molecule has 1 N–H and O–H groups in total. The Kier molecular flexibility index (Phi) is 7.42. The van der Waals surface area contributed by atoms with Crippen LogP contribution in [0.5, 0.6) is 0 Å². The lowest BCUT2D eigenvalue weighted by atomic mass is 10.0. The number of nitrogens with zero attached hydrogens (tertiary/aromatic N) is 4. The van der Waals surface area contributed by atoms with Crippen LogP contribution in [-0.2, 0) is 25.1 Å². The number of carbonyl (C=O) groups is 1. The lowest BCUT2D eigenvalue weighted by Crippen LogP contribution is -2.23. The van der Waals surface area contributed by atoms with E-state index >= 15 is 0 Å². The number of aromatic nitrogens is 3. The first-order valence-corrected chi connectivity index (χ1v) is 12.4. The van der Waals surface area contributed by atoms with Crippen LogP contribution in [0.2, 0.25) is 0 Å². The van der Waals surface area contributed by atoms with Gasteiger partial charge in [-0.25, -0.2) is 14.5 Å². The Bertz CT molecular complexity index is 1490. The summed E-state index contributed by atoms with van der Waals surface area (Å²) in [7, 11) is -2.59. The van der Waals surface area contributed by atoms with Crippen molar-refractivity contribution in [1.29, 1.82) is 0 Å². The summed E-state index contributed by atoms with van der Waals surface area (Å²) in [6, 6.07) is 12.2. The molecule has 1 unspecified atom stereocenters. The van der Waals surface area contributed by atoms with Gasteiger partial charge in [-0.2, -0.15) is 4.39 Å². The van der Waals surface area contributed by atoms with E-state index in [0.717, 1.165) is 11.1 Å². The number of hydrogen-bond acceptors (Lipinski definition) is 6. The van der Waals surface area contributed by atoms with Crippen LogP contribution in [0.3, 0.4) is 0 Å². The fraction of sp³-hybridized carbons (Fsp3) is 0.160. The molecule has 0 aliphatic rings. The van der Waals surface area contributed by atoms with Crippen molar-refractivity contribution in [3.8, 4) is 22.3 Å². The molecule has 4 aromatic rings. The number of halogens is 1. The van der Waals surface area contributed by atoms with Crippen LogP contribution in [0.15, 0.2) is 73.7 Å². The van der Waals surface area contributed by atoms with Crippen molar-refractivity contribution in [3.05, 3.63) is 79.7 Å². The van der Waals surface area contributed by atoms with Crippen molar-refractivity contribution in [2.45, 2.75) is 13.7 Å². The van der Waals surface area contributed by atoms with Gasteiger partial charge in [0, 0.05) is 53.9 Å². The molecule has 0 bridgehead atoms. The number of fused-ring (bicyclic) bond motifs is 1. The molecule has 3 aromatic heterocycles. The number of anilines is 1. The fourth-order valence-electron chi connectivity index (χ4n) is 3.72. The molecule has 0 saturated carbocycles. The second kappa shape index (κ2) is 10.5. The van der Waals surface area contributed by atoms with Crippen molar-refractivity contribution in [3.63, 3.8) is 0 Å². The minimum absolute atomic E-state index is 0.00993. The molecule has 1 amide bonds. The van der Waals surface area contributed by atoms with Crippen molar-refractivity contribution in [2.24, 2.45) is 0 Å². The first-order chi connectivity index (χ1) is 17.2. The number of rotatable bonds is 9. The maximum absolute atomic E-state index is 13.9. The number of phosphoric ester groups is 1. The quantitative estimate of drug-likeness (QED) is 0.188. The van der Waals surface area contributed by atoms with Gasteiger partial charge in [0.2, 0.25) is 11.9 Å². The van der Waals surface area contributed by atoms with Gasteiger partial charge in [-0.15, -0.1) is 0 Å². The SMILES string of the molecule is C=CC(=O)N(C)c1cccc(-c2cnc3c(c2)c(-c2ccnc(F)c2)cn3COP(=O)(O)OCC)c1. The summed E-state index contributed by atoms with van der Waals surface area (Å²) in [5, 5.41) is 0.659. The van der Waals surface area contributed by atoms with E-state index in [9.17, 15) is 18.6 Å². The number of benzene rings is 1. The van der Waals surface area contributed by atoms with E-state index in [4.69, 9.17) is 9.05 Å². The Labute approximate surface area is 207 Å². The summed E-state index contributed by atoms with van der Waals surface area (Å²) in [5.41, 5.74) is 3.86. The molecule has 186 valence electrons.